The van der Waals surface area contributed by atoms with Gasteiger partial charge in [0.05, 0.1) is 0 Å². The van der Waals surface area contributed by atoms with E-state index in [1.807, 2.05) is 6.92 Å². The summed E-state index contributed by atoms with van der Waals surface area (Å²) >= 11 is 0. The molecule has 162 valence electrons. The summed E-state index contributed by atoms with van der Waals surface area (Å²) in [6.45, 7) is 4.19. The largest absolute Gasteiger partial charge is 0.364 e. The quantitative estimate of drug-likeness (QED) is 0.166. The Morgan fingerprint density at radius 1 is 0.964 bits per heavy atom. The summed E-state index contributed by atoms with van der Waals surface area (Å²) in [7, 11) is 0. The molecule has 0 aromatic carbocycles. The average molecular weight is 398 g/mol. The highest BCUT2D eigenvalue weighted by atomic mass is 17.1. The van der Waals surface area contributed by atoms with Gasteiger partial charge in [0, 0.05) is 12.3 Å². The first-order chi connectivity index (χ1) is 13.6. The molecule has 2 amide bonds. The molecule has 0 saturated carbocycles. The van der Waals surface area contributed by atoms with Gasteiger partial charge < -0.3 is 0 Å². The second-order valence-corrected chi connectivity index (χ2v) is 8.04. The molecular weight excluding hydrogens is 358 g/mol. The molecule has 1 heterocycles. The standard InChI is InChI=1S/C22H39NO5/c1-3-5-7-8-9-10-11-12-13-14-15-18-17-20(24)23(21(18)25)19(16-6-4-2)22(26)28-27/h18-19,27H,3-17H2,1-2H3. The molecule has 28 heavy (non-hydrogen) atoms. The maximum atomic E-state index is 12.6. The zero-order valence-electron chi connectivity index (χ0n) is 17.8. The van der Waals surface area contributed by atoms with Gasteiger partial charge in [-0.15, -0.1) is 0 Å². The first-order valence-electron chi connectivity index (χ1n) is 11.3. The first-order valence-corrected chi connectivity index (χ1v) is 11.3. The Balaban J connectivity index is 2.31. The van der Waals surface area contributed by atoms with Crippen molar-refractivity contribution in [3.05, 3.63) is 0 Å². The molecule has 1 rings (SSSR count). The molecule has 0 aliphatic carbocycles. The number of hydrogen-bond donors (Lipinski definition) is 1. The van der Waals surface area contributed by atoms with E-state index in [0.717, 1.165) is 24.2 Å². The van der Waals surface area contributed by atoms with Crippen molar-refractivity contribution in [3.8, 4) is 0 Å². The third-order valence-electron chi connectivity index (χ3n) is 5.69. The molecule has 6 nitrogen and oxygen atoms in total. The Labute approximate surface area is 169 Å². The molecule has 1 saturated heterocycles. The van der Waals surface area contributed by atoms with E-state index in [4.69, 9.17) is 5.26 Å². The van der Waals surface area contributed by atoms with Crippen LogP contribution in [-0.4, -0.2) is 34.0 Å². The summed E-state index contributed by atoms with van der Waals surface area (Å²) in [5.74, 6) is -1.87. The second kappa shape index (κ2) is 14.6. The number of carbonyl (C=O) groups excluding carboxylic acids is 3. The van der Waals surface area contributed by atoms with Crippen LogP contribution in [0.4, 0.5) is 0 Å². The van der Waals surface area contributed by atoms with Crippen LogP contribution in [0.15, 0.2) is 0 Å². The van der Waals surface area contributed by atoms with Crippen molar-refractivity contribution >= 4 is 17.8 Å². The van der Waals surface area contributed by atoms with E-state index < -0.39 is 12.0 Å². The van der Waals surface area contributed by atoms with E-state index in [2.05, 4.69) is 11.8 Å². The van der Waals surface area contributed by atoms with Gasteiger partial charge in [0.2, 0.25) is 11.8 Å². The van der Waals surface area contributed by atoms with Crippen molar-refractivity contribution in [3.63, 3.8) is 0 Å². The third-order valence-corrected chi connectivity index (χ3v) is 5.69. The van der Waals surface area contributed by atoms with Crippen LogP contribution < -0.4 is 0 Å². The predicted molar refractivity (Wildman–Crippen MR) is 108 cm³/mol. The Morgan fingerprint density at radius 3 is 2.04 bits per heavy atom. The second-order valence-electron chi connectivity index (χ2n) is 8.04. The summed E-state index contributed by atoms with van der Waals surface area (Å²) in [6, 6.07) is -0.998. The highest BCUT2D eigenvalue weighted by Crippen LogP contribution is 2.28. The van der Waals surface area contributed by atoms with Crippen LogP contribution in [0, 0.1) is 5.92 Å². The van der Waals surface area contributed by atoms with Crippen LogP contribution in [-0.2, 0) is 19.3 Å². The van der Waals surface area contributed by atoms with Crippen molar-refractivity contribution < 1.29 is 24.5 Å². The number of rotatable bonds is 16. The number of amides is 2. The van der Waals surface area contributed by atoms with Gasteiger partial charge in [-0.1, -0.05) is 90.9 Å². The molecule has 6 heteroatoms. The molecular formula is C22H39NO5. The van der Waals surface area contributed by atoms with Crippen molar-refractivity contribution in [1.82, 2.24) is 4.90 Å². The van der Waals surface area contributed by atoms with Crippen LogP contribution in [0.5, 0.6) is 0 Å². The van der Waals surface area contributed by atoms with Crippen molar-refractivity contribution in [1.29, 1.82) is 0 Å². The Kier molecular flexibility index (Phi) is 12.8. The van der Waals surface area contributed by atoms with Gasteiger partial charge in [0.1, 0.15) is 6.04 Å². The first kappa shape index (κ1) is 24.6. The summed E-state index contributed by atoms with van der Waals surface area (Å²) < 4.78 is 0. The third kappa shape index (κ3) is 8.29. The molecule has 0 aromatic rings. The molecule has 0 spiro atoms. The Bertz CT molecular complexity index is 480. The lowest BCUT2D eigenvalue weighted by atomic mass is 9.98. The minimum absolute atomic E-state index is 0.164. The number of unbranched alkanes of at least 4 members (excludes halogenated alkanes) is 10. The van der Waals surface area contributed by atoms with Gasteiger partial charge in [0.25, 0.3) is 0 Å². The number of carbonyl (C=O) groups is 3. The van der Waals surface area contributed by atoms with Crippen LogP contribution >= 0.6 is 0 Å². The van der Waals surface area contributed by atoms with E-state index in [1.54, 1.807) is 0 Å². The molecule has 1 fully saturated rings. The van der Waals surface area contributed by atoms with Gasteiger partial charge >= 0.3 is 5.97 Å². The van der Waals surface area contributed by atoms with E-state index >= 15 is 0 Å². The molecule has 2 unspecified atom stereocenters. The van der Waals surface area contributed by atoms with E-state index in [9.17, 15) is 14.4 Å². The molecule has 0 aromatic heterocycles. The fourth-order valence-electron chi connectivity index (χ4n) is 3.96. The van der Waals surface area contributed by atoms with Gasteiger partial charge in [-0.05, 0) is 12.8 Å². The zero-order chi connectivity index (χ0) is 20.8. The SMILES string of the molecule is CCCCCCCCCCCCC1CC(=O)N(C(CCCC)C(=O)OO)C1=O. The summed E-state index contributed by atoms with van der Waals surface area (Å²) in [4.78, 5) is 41.7. The fraction of sp³-hybridized carbons (Fsp3) is 0.864. The Hall–Kier alpha value is -1.43. The summed E-state index contributed by atoms with van der Waals surface area (Å²) in [5.41, 5.74) is 0. The molecule has 2 atom stereocenters. The molecule has 1 N–H and O–H groups in total. The molecule has 0 radical (unpaired) electrons. The predicted octanol–water partition coefficient (Wildman–Crippen LogP) is 5.25. The van der Waals surface area contributed by atoms with Crippen LogP contribution in [0.3, 0.4) is 0 Å². The fourth-order valence-corrected chi connectivity index (χ4v) is 3.96. The van der Waals surface area contributed by atoms with Crippen molar-refractivity contribution in [2.24, 2.45) is 5.92 Å². The number of hydrogen-bond acceptors (Lipinski definition) is 5. The van der Waals surface area contributed by atoms with E-state index in [-0.39, 0.29) is 24.2 Å². The maximum Gasteiger partial charge on any atom is 0.364 e. The molecule has 0 bridgehead atoms. The highest BCUT2D eigenvalue weighted by Gasteiger charge is 2.44. The van der Waals surface area contributed by atoms with Crippen molar-refractivity contribution in [2.75, 3.05) is 0 Å². The average Bonchev–Trinajstić information content (AvgIpc) is 2.97. The Morgan fingerprint density at radius 2 is 1.50 bits per heavy atom. The topological polar surface area (TPSA) is 83.9 Å². The smallest absolute Gasteiger partial charge is 0.299 e. The summed E-state index contributed by atoms with van der Waals surface area (Å²) in [6.07, 6.45) is 15.0. The molecule has 1 aliphatic rings. The normalized spacial score (nSPS) is 18.0. The lowest BCUT2D eigenvalue weighted by Gasteiger charge is -2.23. The number of imide groups is 1. The van der Waals surface area contributed by atoms with Gasteiger partial charge in [-0.3, -0.25) is 19.4 Å². The highest BCUT2D eigenvalue weighted by molar-refractivity contribution is 6.06. The van der Waals surface area contributed by atoms with E-state index in [0.29, 0.717) is 19.3 Å². The maximum absolute atomic E-state index is 12.6. The number of nitrogens with zero attached hydrogens (tertiary/aromatic N) is 1. The summed E-state index contributed by atoms with van der Waals surface area (Å²) in [5, 5.41) is 8.71. The van der Waals surface area contributed by atoms with Crippen LogP contribution in [0.2, 0.25) is 0 Å². The monoisotopic (exact) mass is 397 g/mol. The van der Waals surface area contributed by atoms with Gasteiger partial charge in [-0.25, -0.2) is 4.79 Å². The minimum atomic E-state index is -0.998. The van der Waals surface area contributed by atoms with Crippen LogP contribution in [0.25, 0.3) is 0 Å². The van der Waals surface area contributed by atoms with E-state index in [1.165, 1.54) is 51.4 Å². The van der Waals surface area contributed by atoms with Gasteiger partial charge in [-0.2, -0.15) is 5.26 Å². The lowest BCUT2D eigenvalue weighted by Crippen LogP contribution is -2.45. The van der Waals surface area contributed by atoms with Crippen LogP contribution in [0.1, 0.15) is 110 Å². The van der Waals surface area contributed by atoms with Crippen molar-refractivity contribution in [2.45, 2.75) is 116 Å². The van der Waals surface area contributed by atoms with Gasteiger partial charge in [0.15, 0.2) is 0 Å². The molecule has 1 aliphatic heterocycles. The lowest BCUT2D eigenvalue weighted by molar-refractivity contribution is -0.239. The number of likely N-dealkylation sites (tertiary alicyclic amines) is 1. The zero-order valence-corrected chi connectivity index (χ0v) is 17.8. The minimum Gasteiger partial charge on any atom is -0.299 e.